The molecule has 5 nitrogen and oxygen atoms in total. The second kappa shape index (κ2) is 6.24. The van der Waals surface area contributed by atoms with Gasteiger partial charge in [0, 0.05) is 12.4 Å². The second-order valence-electron chi connectivity index (χ2n) is 4.16. The molecule has 2 rings (SSSR count). The van der Waals surface area contributed by atoms with Crippen LogP contribution in [0.4, 0.5) is 0 Å². The third-order valence-corrected chi connectivity index (χ3v) is 2.92. The Bertz CT molecular complexity index is 537. The Labute approximate surface area is 112 Å². The van der Waals surface area contributed by atoms with Crippen molar-refractivity contribution >= 4 is 0 Å². The number of aromatic nitrogens is 2. The van der Waals surface area contributed by atoms with Crippen molar-refractivity contribution in [2.24, 2.45) is 0 Å². The van der Waals surface area contributed by atoms with Crippen LogP contribution in [0.3, 0.4) is 0 Å². The molecule has 0 atom stereocenters. The lowest BCUT2D eigenvalue weighted by molar-refractivity contribution is 0.269. The van der Waals surface area contributed by atoms with E-state index in [2.05, 4.69) is 4.98 Å². The Morgan fingerprint density at radius 2 is 2.16 bits per heavy atom. The summed E-state index contributed by atoms with van der Waals surface area (Å²) in [7, 11) is 1.60. The number of aryl methyl sites for hydroxylation is 1. The van der Waals surface area contributed by atoms with Crippen LogP contribution in [-0.4, -0.2) is 28.4 Å². The van der Waals surface area contributed by atoms with Gasteiger partial charge < -0.3 is 19.1 Å². The Morgan fingerprint density at radius 3 is 2.79 bits per heavy atom. The van der Waals surface area contributed by atoms with Crippen molar-refractivity contribution in [3.8, 4) is 11.5 Å². The standard InChI is InChI=1S/C14H18N2O3/c1-11-15-5-6-16(11)7-8-19-14-9-12(10-17)3-4-13(14)18-2/h3-6,9,17H,7-8,10H2,1-2H3. The van der Waals surface area contributed by atoms with Gasteiger partial charge >= 0.3 is 0 Å². The van der Waals surface area contributed by atoms with Crippen molar-refractivity contribution in [2.75, 3.05) is 13.7 Å². The zero-order chi connectivity index (χ0) is 13.7. The summed E-state index contributed by atoms with van der Waals surface area (Å²) >= 11 is 0. The van der Waals surface area contributed by atoms with Crippen LogP contribution in [0.15, 0.2) is 30.6 Å². The summed E-state index contributed by atoms with van der Waals surface area (Å²) in [5, 5.41) is 9.13. The van der Waals surface area contributed by atoms with E-state index in [1.807, 2.05) is 23.8 Å². The van der Waals surface area contributed by atoms with Gasteiger partial charge in [-0.2, -0.15) is 0 Å². The van der Waals surface area contributed by atoms with Gasteiger partial charge in [0.2, 0.25) is 0 Å². The largest absolute Gasteiger partial charge is 0.493 e. The molecule has 0 aliphatic carbocycles. The fourth-order valence-electron chi connectivity index (χ4n) is 1.83. The predicted molar refractivity (Wildman–Crippen MR) is 71.4 cm³/mol. The van der Waals surface area contributed by atoms with Crippen molar-refractivity contribution in [1.29, 1.82) is 0 Å². The molecule has 0 amide bonds. The molecule has 0 aliphatic heterocycles. The number of nitrogens with zero attached hydrogens (tertiary/aromatic N) is 2. The summed E-state index contributed by atoms with van der Waals surface area (Å²) in [5.74, 6) is 2.27. The third-order valence-electron chi connectivity index (χ3n) is 2.92. The number of rotatable bonds is 6. The molecule has 1 N–H and O–H groups in total. The fraction of sp³-hybridized carbons (Fsp3) is 0.357. The van der Waals surface area contributed by atoms with Crippen LogP contribution in [-0.2, 0) is 13.2 Å². The quantitative estimate of drug-likeness (QED) is 0.862. The van der Waals surface area contributed by atoms with Gasteiger partial charge in [0.05, 0.1) is 20.3 Å². The predicted octanol–water partition coefficient (Wildman–Crippen LogP) is 1.77. The van der Waals surface area contributed by atoms with E-state index in [4.69, 9.17) is 14.6 Å². The fourth-order valence-corrected chi connectivity index (χ4v) is 1.83. The van der Waals surface area contributed by atoms with Crippen LogP contribution in [0.2, 0.25) is 0 Å². The summed E-state index contributed by atoms with van der Waals surface area (Å²) in [6.45, 7) is 3.18. The summed E-state index contributed by atoms with van der Waals surface area (Å²) in [5.41, 5.74) is 0.801. The zero-order valence-corrected chi connectivity index (χ0v) is 11.2. The maximum Gasteiger partial charge on any atom is 0.161 e. The summed E-state index contributed by atoms with van der Waals surface area (Å²) < 4.78 is 13.0. The zero-order valence-electron chi connectivity index (χ0n) is 11.2. The minimum Gasteiger partial charge on any atom is -0.493 e. The van der Waals surface area contributed by atoms with E-state index in [1.54, 1.807) is 25.4 Å². The van der Waals surface area contributed by atoms with Gasteiger partial charge in [-0.1, -0.05) is 6.07 Å². The van der Waals surface area contributed by atoms with E-state index in [0.717, 1.165) is 17.9 Å². The number of hydrogen-bond acceptors (Lipinski definition) is 4. The molecule has 1 aromatic heterocycles. The molecule has 0 fully saturated rings. The van der Waals surface area contributed by atoms with Gasteiger partial charge in [0.25, 0.3) is 0 Å². The van der Waals surface area contributed by atoms with Crippen LogP contribution >= 0.6 is 0 Å². The molecule has 5 heteroatoms. The summed E-state index contributed by atoms with van der Waals surface area (Å²) in [6.07, 6.45) is 3.68. The highest BCUT2D eigenvalue weighted by Gasteiger charge is 2.06. The number of aliphatic hydroxyl groups excluding tert-OH is 1. The highest BCUT2D eigenvalue weighted by atomic mass is 16.5. The van der Waals surface area contributed by atoms with Gasteiger partial charge in [-0.25, -0.2) is 4.98 Å². The Hall–Kier alpha value is -2.01. The van der Waals surface area contributed by atoms with E-state index in [9.17, 15) is 0 Å². The van der Waals surface area contributed by atoms with Crippen LogP contribution in [0.25, 0.3) is 0 Å². The Morgan fingerprint density at radius 1 is 1.32 bits per heavy atom. The van der Waals surface area contributed by atoms with E-state index in [1.165, 1.54) is 0 Å². The average molecular weight is 262 g/mol. The monoisotopic (exact) mass is 262 g/mol. The van der Waals surface area contributed by atoms with Crippen LogP contribution in [0.1, 0.15) is 11.4 Å². The lowest BCUT2D eigenvalue weighted by Crippen LogP contribution is -2.09. The molecule has 0 saturated carbocycles. The van der Waals surface area contributed by atoms with E-state index in [0.29, 0.717) is 18.1 Å². The van der Waals surface area contributed by atoms with Gasteiger partial charge in [-0.05, 0) is 24.6 Å². The lowest BCUT2D eigenvalue weighted by Gasteiger charge is -2.12. The maximum absolute atomic E-state index is 9.13. The number of methoxy groups -OCH3 is 1. The van der Waals surface area contributed by atoms with Gasteiger partial charge in [-0.3, -0.25) is 0 Å². The van der Waals surface area contributed by atoms with E-state index in [-0.39, 0.29) is 6.61 Å². The van der Waals surface area contributed by atoms with Crippen LogP contribution < -0.4 is 9.47 Å². The molecule has 2 aromatic rings. The molecule has 0 radical (unpaired) electrons. The highest BCUT2D eigenvalue weighted by Crippen LogP contribution is 2.28. The smallest absolute Gasteiger partial charge is 0.161 e. The summed E-state index contributed by atoms with van der Waals surface area (Å²) in [6, 6.07) is 5.40. The lowest BCUT2D eigenvalue weighted by atomic mass is 10.2. The van der Waals surface area contributed by atoms with Crippen LogP contribution in [0.5, 0.6) is 11.5 Å². The van der Waals surface area contributed by atoms with E-state index >= 15 is 0 Å². The molecule has 0 unspecified atom stereocenters. The maximum atomic E-state index is 9.13. The molecule has 0 spiro atoms. The molecular weight excluding hydrogens is 244 g/mol. The first-order chi connectivity index (χ1) is 9.24. The third kappa shape index (κ3) is 3.26. The SMILES string of the molecule is COc1ccc(CO)cc1OCCn1ccnc1C. The number of hydrogen-bond donors (Lipinski definition) is 1. The average Bonchev–Trinajstić information content (AvgIpc) is 2.84. The highest BCUT2D eigenvalue weighted by molar-refractivity contribution is 5.42. The first-order valence-electron chi connectivity index (χ1n) is 6.13. The number of imidazole rings is 1. The van der Waals surface area contributed by atoms with Crippen LogP contribution in [0, 0.1) is 6.92 Å². The van der Waals surface area contributed by atoms with Crippen molar-refractivity contribution in [2.45, 2.75) is 20.1 Å². The second-order valence-corrected chi connectivity index (χ2v) is 4.16. The van der Waals surface area contributed by atoms with E-state index < -0.39 is 0 Å². The van der Waals surface area contributed by atoms with Crippen molar-refractivity contribution in [3.05, 3.63) is 42.0 Å². The van der Waals surface area contributed by atoms with Crippen molar-refractivity contribution in [3.63, 3.8) is 0 Å². The minimum atomic E-state index is -0.0129. The Balaban J connectivity index is 2.00. The molecule has 1 heterocycles. The van der Waals surface area contributed by atoms with Gasteiger partial charge in [0.1, 0.15) is 12.4 Å². The van der Waals surface area contributed by atoms with Gasteiger partial charge in [-0.15, -0.1) is 0 Å². The first kappa shape index (κ1) is 13.4. The number of ether oxygens (including phenoxy) is 2. The number of aliphatic hydroxyl groups is 1. The summed E-state index contributed by atoms with van der Waals surface area (Å²) in [4.78, 5) is 4.15. The molecular formula is C14H18N2O3. The molecule has 0 aliphatic rings. The molecule has 0 bridgehead atoms. The molecule has 102 valence electrons. The van der Waals surface area contributed by atoms with Crippen molar-refractivity contribution in [1.82, 2.24) is 9.55 Å². The molecule has 0 saturated heterocycles. The first-order valence-corrected chi connectivity index (χ1v) is 6.13. The normalized spacial score (nSPS) is 10.5. The molecule has 19 heavy (non-hydrogen) atoms. The Kier molecular flexibility index (Phi) is 4.41. The topological polar surface area (TPSA) is 56.5 Å². The van der Waals surface area contributed by atoms with Gasteiger partial charge in [0.15, 0.2) is 11.5 Å². The molecule has 1 aromatic carbocycles. The van der Waals surface area contributed by atoms with Crippen molar-refractivity contribution < 1.29 is 14.6 Å². The number of benzene rings is 1. The minimum absolute atomic E-state index is 0.0129.